The maximum atomic E-state index is 12.8. The molecule has 1 fully saturated rings. The average Bonchev–Trinajstić information content (AvgIpc) is 3.10. The van der Waals surface area contributed by atoms with Gasteiger partial charge in [0.25, 0.3) is 5.91 Å². The lowest BCUT2D eigenvalue weighted by Gasteiger charge is -2.31. The number of H-pyrrole nitrogens is 1. The van der Waals surface area contributed by atoms with E-state index in [4.69, 9.17) is 0 Å². The van der Waals surface area contributed by atoms with Crippen molar-refractivity contribution >= 4 is 38.6 Å². The fraction of sp³-hybridized carbons (Fsp3) is 0.500. The summed E-state index contributed by atoms with van der Waals surface area (Å²) < 4.78 is 0.941. The molecule has 1 saturated carbocycles. The molecule has 1 heterocycles. The van der Waals surface area contributed by atoms with Gasteiger partial charge in [0.1, 0.15) is 11.7 Å². The van der Waals surface area contributed by atoms with Crippen LogP contribution in [0.15, 0.2) is 28.7 Å². The zero-order chi connectivity index (χ0) is 21.0. The van der Waals surface area contributed by atoms with Crippen LogP contribution < -0.4 is 10.6 Å². The van der Waals surface area contributed by atoms with Crippen molar-refractivity contribution in [2.45, 2.75) is 58.0 Å². The second-order valence-corrected chi connectivity index (χ2v) is 9.12. The number of carbonyl (C=O) groups excluding carboxylic acids is 2. The van der Waals surface area contributed by atoms with E-state index in [1.54, 1.807) is 0 Å². The van der Waals surface area contributed by atoms with E-state index in [1.807, 2.05) is 38.1 Å². The van der Waals surface area contributed by atoms with Crippen LogP contribution in [0.1, 0.15) is 56.4 Å². The second-order valence-electron chi connectivity index (χ2n) is 8.21. The first kappa shape index (κ1) is 21.4. The highest BCUT2D eigenvalue weighted by molar-refractivity contribution is 9.10. The quantitative estimate of drug-likeness (QED) is 0.602. The van der Waals surface area contributed by atoms with Crippen molar-refractivity contribution in [2.75, 3.05) is 0 Å². The minimum atomic E-state index is -0.493. The van der Waals surface area contributed by atoms with Crippen LogP contribution in [-0.4, -0.2) is 28.9 Å². The number of nitrogens with one attached hydrogen (secondary N) is 3. The molecule has 6 nitrogen and oxygen atoms in total. The van der Waals surface area contributed by atoms with Crippen molar-refractivity contribution in [1.82, 2.24) is 15.6 Å². The van der Waals surface area contributed by atoms with Gasteiger partial charge in [-0.2, -0.15) is 5.26 Å². The standard InChI is InChI=1S/C22H27BrN4O2/c1-13(2)9-16(12-24)25-21(28)17-5-3-4-6-18(17)27-22(29)20-10-14-7-8-15(23)11-19(14)26-20/h7-8,10-11,13,16-18,26H,3-6,9H2,1-2H3,(H,25,28)(H,27,29). The highest BCUT2D eigenvalue weighted by atomic mass is 79.9. The van der Waals surface area contributed by atoms with Gasteiger partial charge in [-0.3, -0.25) is 9.59 Å². The van der Waals surface area contributed by atoms with Gasteiger partial charge >= 0.3 is 0 Å². The SMILES string of the molecule is CC(C)CC(C#N)NC(=O)C1CCCCC1NC(=O)c1cc2ccc(Br)cc2[nH]1. The maximum absolute atomic E-state index is 12.8. The molecule has 0 aliphatic heterocycles. The van der Waals surface area contributed by atoms with Crippen molar-refractivity contribution in [3.8, 4) is 6.07 Å². The van der Waals surface area contributed by atoms with Crippen molar-refractivity contribution < 1.29 is 9.59 Å². The first-order valence-corrected chi connectivity index (χ1v) is 11.0. The van der Waals surface area contributed by atoms with Gasteiger partial charge in [-0.25, -0.2) is 0 Å². The first-order chi connectivity index (χ1) is 13.9. The Labute approximate surface area is 179 Å². The van der Waals surface area contributed by atoms with Crippen LogP contribution in [0.2, 0.25) is 0 Å². The molecule has 7 heteroatoms. The zero-order valence-corrected chi connectivity index (χ0v) is 18.4. The van der Waals surface area contributed by atoms with E-state index in [0.29, 0.717) is 18.0 Å². The third kappa shape index (κ3) is 5.39. The Bertz CT molecular complexity index is 931. The third-order valence-electron chi connectivity index (χ3n) is 5.43. The fourth-order valence-electron chi connectivity index (χ4n) is 3.98. The van der Waals surface area contributed by atoms with E-state index >= 15 is 0 Å². The summed E-state index contributed by atoms with van der Waals surface area (Å²) in [7, 11) is 0. The highest BCUT2D eigenvalue weighted by Gasteiger charge is 2.33. The van der Waals surface area contributed by atoms with E-state index in [9.17, 15) is 14.9 Å². The topological polar surface area (TPSA) is 97.8 Å². The Balaban J connectivity index is 1.69. The molecule has 2 amide bonds. The molecule has 1 aliphatic carbocycles. The zero-order valence-electron chi connectivity index (χ0n) is 16.8. The molecule has 154 valence electrons. The maximum Gasteiger partial charge on any atom is 0.267 e. The summed E-state index contributed by atoms with van der Waals surface area (Å²) >= 11 is 3.43. The Morgan fingerprint density at radius 3 is 2.76 bits per heavy atom. The lowest BCUT2D eigenvalue weighted by molar-refractivity contribution is -0.127. The summed E-state index contributed by atoms with van der Waals surface area (Å²) in [5.41, 5.74) is 1.37. The van der Waals surface area contributed by atoms with Crippen LogP contribution >= 0.6 is 15.9 Å². The summed E-state index contributed by atoms with van der Waals surface area (Å²) in [4.78, 5) is 28.8. The van der Waals surface area contributed by atoms with Gasteiger partial charge in [-0.1, -0.05) is 48.7 Å². The molecule has 0 radical (unpaired) electrons. The summed E-state index contributed by atoms with van der Waals surface area (Å²) in [6.45, 7) is 4.05. The van der Waals surface area contributed by atoms with Gasteiger partial charge < -0.3 is 15.6 Å². The molecule has 3 rings (SSSR count). The summed E-state index contributed by atoms with van der Waals surface area (Å²) in [6, 6.07) is 9.09. The molecule has 1 aromatic heterocycles. The average molecular weight is 459 g/mol. The molecule has 1 aliphatic rings. The van der Waals surface area contributed by atoms with Gasteiger partial charge in [-0.15, -0.1) is 0 Å². The molecule has 0 bridgehead atoms. The molecule has 2 aromatic rings. The third-order valence-corrected chi connectivity index (χ3v) is 5.92. The fourth-order valence-corrected chi connectivity index (χ4v) is 4.34. The van der Waals surface area contributed by atoms with E-state index < -0.39 is 6.04 Å². The molecule has 3 N–H and O–H groups in total. The number of halogens is 1. The molecule has 3 atom stereocenters. The Kier molecular flexibility index (Phi) is 6.96. The number of benzene rings is 1. The molecule has 1 aromatic carbocycles. The van der Waals surface area contributed by atoms with Gasteiger partial charge in [0.15, 0.2) is 0 Å². The number of nitrogens with zero attached hydrogens (tertiary/aromatic N) is 1. The van der Waals surface area contributed by atoms with Crippen molar-refractivity contribution in [3.05, 3.63) is 34.4 Å². The highest BCUT2D eigenvalue weighted by Crippen LogP contribution is 2.26. The minimum absolute atomic E-state index is 0.136. The predicted octanol–water partition coefficient (Wildman–Crippen LogP) is 4.27. The molecule has 3 unspecified atom stereocenters. The molecule has 29 heavy (non-hydrogen) atoms. The number of hydrogen-bond acceptors (Lipinski definition) is 3. The number of hydrogen-bond donors (Lipinski definition) is 3. The van der Waals surface area contributed by atoms with Crippen LogP contribution in [0.4, 0.5) is 0 Å². The molecular weight excluding hydrogens is 432 g/mol. The van der Waals surface area contributed by atoms with Crippen molar-refractivity contribution in [3.63, 3.8) is 0 Å². The van der Waals surface area contributed by atoms with Gasteiger partial charge in [0.2, 0.25) is 5.91 Å². The second kappa shape index (κ2) is 9.45. The lowest BCUT2D eigenvalue weighted by atomic mass is 9.83. The Hall–Kier alpha value is -2.33. The molecule has 0 spiro atoms. The summed E-state index contributed by atoms with van der Waals surface area (Å²) in [6.07, 6.45) is 4.03. The number of rotatable bonds is 6. The number of aromatic nitrogens is 1. The van der Waals surface area contributed by atoms with E-state index in [1.165, 1.54) is 0 Å². The van der Waals surface area contributed by atoms with E-state index in [2.05, 4.69) is 37.6 Å². The van der Waals surface area contributed by atoms with Gasteiger partial charge in [0.05, 0.1) is 12.0 Å². The monoisotopic (exact) mass is 458 g/mol. The molecule has 0 saturated heterocycles. The van der Waals surface area contributed by atoms with Gasteiger partial charge in [-0.05, 0) is 43.4 Å². The number of carbonyl (C=O) groups is 2. The number of nitriles is 1. The van der Waals surface area contributed by atoms with Crippen molar-refractivity contribution in [2.24, 2.45) is 11.8 Å². The largest absolute Gasteiger partial charge is 0.350 e. The summed E-state index contributed by atoms with van der Waals surface area (Å²) in [5.74, 6) is -0.332. The van der Waals surface area contributed by atoms with E-state index in [-0.39, 0.29) is 23.8 Å². The van der Waals surface area contributed by atoms with Crippen LogP contribution in [0.3, 0.4) is 0 Å². The van der Waals surface area contributed by atoms with Gasteiger partial charge in [0, 0.05) is 21.4 Å². The van der Waals surface area contributed by atoms with Crippen molar-refractivity contribution in [1.29, 1.82) is 5.26 Å². The van der Waals surface area contributed by atoms with E-state index in [0.717, 1.165) is 41.1 Å². The van der Waals surface area contributed by atoms with Crippen LogP contribution in [0, 0.1) is 23.2 Å². The Morgan fingerprint density at radius 1 is 1.28 bits per heavy atom. The lowest BCUT2D eigenvalue weighted by Crippen LogP contribution is -2.50. The number of amides is 2. The van der Waals surface area contributed by atoms with Crippen LogP contribution in [-0.2, 0) is 4.79 Å². The molecular formula is C22H27BrN4O2. The summed E-state index contributed by atoms with van der Waals surface area (Å²) in [5, 5.41) is 16.2. The Morgan fingerprint density at radius 2 is 2.03 bits per heavy atom. The number of aromatic amines is 1. The minimum Gasteiger partial charge on any atom is -0.350 e. The normalized spacial score (nSPS) is 20.2. The smallest absolute Gasteiger partial charge is 0.267 e. The predicted molar refractivity (Wildman–Crippen MR) is 116 cm³/mol. The van der Waals surface area contributed by atoms with Crippen LogP contribution in [0.5, 0.6) is 0 Å². The number of fused-ring (bicyclic) bond motifs is 1. The first-order valence-electron chi connectivity index (χ1n) is 10.2. The van der Waals surface area contributed by atoms with Crippen LogP contribution in [0.25, 0.3) is 10.9 Å².